The Hall–Kier alpha value is -0.830. The summed E-state index contributed by atoms with van der Waals surface area (Å²) in [7, 11) is 1.39. The summed E-state index contributed by atoms with van der Waals surface area (Å²) in [6.45, 7) is 4.16. The largest absolute Gasteiger partial charge is 0.466 e. The highest BCUT2D eigenvalue weighted by atomic mass is 16.5. The predicted octanol–water partition coefficient (Wildman–Crippen LogP) is 1.51. The van der Waals surface area contributed by atoms with Gasteiger partial charge < -0.3 is 9.84 Å². The lowest BCUT2D eigenvalue weighted by Crippen LogP contribution is -2.17. The fourth-order valence-electron chi connectivity index (χ4n) is 2.11. The molecule has 0 bridgehead atoms. The van der Waals surface area contributed by atoms with E-state index in [1.54, 1.807) is 0 Å². The summed E-state index contributed by atoms with van der Waals surface area (Å²) in [4.78, 5) is 11.5. The van der Waals surface area contributed by atoms with Crippen molar-refractivity contribution in [3.05, 3.63) is 11.1 Å². The Morgan fingerprint density at radius 2 is 2.29 bits per heavy atom. The number of aliphatic hydroxyl groups is 1. The summed E-state index contributed by atoms with van der Waals surface area (Å²) in [5, 5.41) is 9.11. The van der Waals surface area contributed by atoms with E-state index in [1.165, 1.54) is 7.11 Å². The van der Waals surface area contributed by atoms with Crippen LogP contribution in [-0.4, -0.2) is 24.8 Å². The first-order valence-corrected chi connectivity index (χ1v) is 5.02. The van der Waals surface area contributed by atoms with Crippen LogP contribution in [0, 0.1) is 11.8 Å². The Kier molecular flexibility index (Phi) is 3.69. The van der Waals surface area contributed by atoms with Gasteiger partial charge in [0.2, 0.25) is 0 Å². The van der Waals surface area contributed by atoms with E-state index in [1.807, 2.05) is 0 Å². The molecule has 1 rings (SSSR count). The van der Waals surface area contributed by atoms with Gasteiger partial charge in [-0.05, 0) is 30.3 Å². The molecule has 1 aliphatic carbocycles. The molecular formula is C11H18O3. The van der Waals surface area contributed by atoms with E-state index in [0.29, 0.717) is 11.5 Å². The third-order valence-electron chi connectivity index (χ3n) is 2.91. The Labute approximate surface area is 84.8 Å². The molecule has 1 unspecified atom stereocenters. The van der Waals surface area contributed by atoms with Crippen molar-refractivity contribution in [2.75, 3.05) is 13.7 Å². The van der Waals surface area contributed by atoms with Gasteiger partial charge in [0.1, 0.15) is 0 Å². The summed E-state index contributed by atoms with van der Waals surface area (Å²) < 4.78 is 4.74. The molecule has 0 amide bonds. The van der Waals surface area contributed by atoms with Crippen molar-refractivity contribution >= 4 is 5.97 Å². The molecule has 0 aromatic heterocycles. The molecule has 80 valence electrons. The minimum atomic E-state index is -0.273. The van der Waals surface area contributed by atoms with Gasteiger partial charge in [0, 0.05) is 5.57 Å². The monoisotopic (exact) mass is 198 g/mol. The van der Waals surface area contributed by atoms with Crippen molar-refractivity contribution in [3.8, 4) is 0 Å². The highest BCUT2D eigenvalue weighted by Gasteiger charge is 2.32. The predicted molar refractivity (Wildman–Crippen MR) is 53.7 cm³/mol. The van der Waals surface area contributed by atoms with E-state index in [2.05, 4.69) is 13.8 Å². The molecule has 0 fully saturated rings. The maximum Gasteiger partial charge on any atom is 0.334 e. The van der Waals surface area contributed by atoms with Gasteiger partial charge in [0.05, 0.1) is 13.7 Å². The van der Waals surface area contributed by atoms with Crippen LogP contribution in [0.4, 0.5) is 0 Å². The van der Waals surface area contributed by atoms with Crippen molar-refractivity contribution in [1.29, 1.82) is 0 Å². The zero-order valence-electron chi connectivity index (χ0n) is 9.04. The van der Waals surface area contributed by atoms with Gasteiger partial charge in [0.25, 0.3) is 0 Å². The number of methoxy groups -OCH3 is 1. The Bertz CT molecular complexity index is 253. The number of hydrogen-bond donors (Lipinski definition) is 1. The summed E-state index contributed by atoms with van der Waals surface area (Å²) in [5.41, 5.74) is 1.57. The third-order valence-corrected chi connectivity index (χ3v) is 2.91. The number of hydrogen-bond acceptors (Lipinski definition) is 3. The smallest absolute Gasteiger partial charge is 0.334 e. The second kappa shape index (κ2) is 4.60. The van der Waals surface area contributed by atoms with Gasteiger partial charge >= 0.3 is 5.97 Å². The van der Waals surface area contributed by atoms with E-state index in [4.69, 9.17) is 9.84 Å². The van der Waals surface area contributed by atoms with E-state index in [0.717, 1.165) is 18.4 Å². The van der Waals surface area contributed by atoms with Crippen LogP contribution in [0.15, 0.2) is 11.1 Å². The van der Waals surface area contributed by atoms with E-state index < -0.39 is 0 Å². The van der Waals surface area contributed by atoms with Gasteiger partial charge in [-0.3, -0.25) is 0 Å². The van der Waals surface area contributed by atoms with Crippen LogP contribution in [0.25, 0.3) is 0 Å². The number of esters is 1. The Balaban J connectivity index is 2.94. The molecular weight excluding hydrogens is 180 g/mol. The second-order valence-electron chi connectivity index (χ2n) is 4.06. The number of carbonyl (C=O) groups is 1. The minimum Gasteiger partial charge on any atom is -0.466 e. The van der Waals surface area contributed by atoms with Crippen molar-refractivity contribution in [2.45, 2.75) is 26.7 Å². The number of ether oxygens (including phenoxy) is 1. The van der Waals surface area contributed by atoms with Crippen LogP contribution in [0.3, 0.4) is 0 Å². The van der Waals surface area contributed by atoms with Gasteiger partial charge in [-0.15, -0.1) is 0 Å². The number of carbonyl (C=O) groups excluding carboxylic acids is 1. The highest BCUT2D eigenvalue weighted by molar-refractivity contribution is 5.90. The molecule has 0 radical (unpaired) electrons. The summed E-state index contributed by atoms with van der Waals surface area (Å²) >= 11 is 0. The van der Waals surface area contributed by atoms with Crippen LogP contribution < -0.4 is 0 Å². The minimum absolute atomic E-state index is 0.0202. The average Bonchev–Trinajstić information content (AvgIpc) is 2.59. The zero-order chi connectivity index (χ0) is 10.7. The summed E-state index contributed by atoms with van der Waals surface area (Å²) in [5.74, 6) is 0.406. The molecule has 0 aliphatic heterocycles. The molecule has 1 aliphatic rings. The number of aliphatic hydroxyl groups excluding tert-OH is 1. The normalized spacial score (nSPS) is 21.9. The topological polar surface area (TPSA) is 46.5 Å². The van der Waals surface area contributed by atoms with Gasteiger partial charge in [-0.1, -0.05) is 13.8 Å². The fourth-order valence-corrected chi connectivity index (χ4v) is 2.11. The first-order chi connectivity index (χ1) is 6.61. The lowest BCUT2D eigenvalue weighted by Gasteiger charge is -2.17. The van der Waals surface area contributed by atoms with E-state index in [9.17, 15) is 4.79 Å². The maximum absolute atomic E-state index is 11.5. The molecule has 1 N–H and O–H groups in total. The number of rotatable bonds is 3. The van der Waals surface area contributed by atoms with Crippen molar-refractivity contribution in [2.24, 2.45) is 11.8 Å². The molecule has 0 heterocycles. The maximum atomic E-state index is 11.5. The van der Waals surface area contributed by atoms with Gasteiger partial charge in [-0.25, -0.2) is 4.79 Å². The fraction of sp³-hybridized carbons (Fsp3) is 0.727. The van der Waals surface area contributed by atoms with Crippen molar-refractivity contribution < 1.29 is 14.6 Å². The highest BCUT2D eigenvalue weighted by Crippen LogP contribution is 2.37. The molecule has 3 nitrogen and oxygen atoms in total. The van der Waals surface area contributed by atoms with Crippen LogP contribution in [0.2, 0.25) is 0 Å². The first-order valence-electron chi connectivity index (χ1n) is 5.02. The van der Waals surface area contributed by atoms with Crippen LogP contribution in [0.1, 0.15) is 26.7 Å². The molecule has 14 heavy (non-hydrogen) atoms. The third kappa shape index (κ3) is 1.98. The lowest BCUT2D eigenvalue weighted by molar-refractivity contribution is -0.136. The van der Waals surface area contributed by atoms with E-state index in [-0.39, 0.29) is 18.5 Å². The van der Waals surface area contributed by atoms with Crippen molar-refractivity contribution in [3.63, 3.8) is 0 Å². The SMILES string of the molecule is COC(=O)C1=C(CO)CCC1C(C)C. The molecule has 3 heteroatoms. The summed E-state index contributed by atoms with van der Waals surface area (Å²) in [6, 6.07) is 0. The zero-order valence-corrected chi connectivity index (χ0v) is 9.04. The molecule has 0 saturated carbocycles. The van der Waals surface area contributed by atoms with Crippen LogP contribution >= 0.6 is 0 Å². The van der Waals surface area contributed by atoms with Crippen molar-refractivity contribution in [1.82, 2.24) is 0 Å². The average molecular weight is 198 g/mol. The van der Waals surface area contributed by atoms with Gasteiger partial charge in [0.15, 0.2) is 0 Å². The quantitative estimate of drug-likeness (QED) is 0.699. The van der Waals surface area contributed by atoms with Crippen LogP contribution in [0.5, 0.6) is 0 Å². The Morgan fingerprint density at radius 1 is 1.64 bits per heavy atom. The molecule has 0 spiro atoms. The standard InChI is InChI=1S/C11H18O3/c1-7(2)9-5-4-8(6-12)10(9)11(13)14-3/h7,9,12H,4-6H2,1-3H3. The molecule has 1 atom stereocenters. The second-order valence-corrected chi connectivity index (χ2v) is 4.06. The van der Waals surface area contributed by atoms with E-state index >= 15 is 0 Å². The molecule has 0 saturated heterocycles. The molecule has 0 aromatic carbocycles. The summed E-state index contributed by atoms with van der Waals surface area (Å²) in [6.07, 6.45) is 1.78. The van der Waals surface area contributed by atoms with Crippen LogP contribution in [-0.2, 0) is 9.53 Å². The lowest BCUT2D eigenvalue weighted by atomic mass is 9.89. The van der Waals surface area contributed by atoms with Gasteiger partial charge in [-0.2, -0.15) is 0 Å². The Morgan fingerprint density at radius 3 is 2.71 bits per heavy atom. The molecule has 0 aromatic rings. The first kappa shape index (κ1) is 11.2.